The number of anilines is 3. The molecule has 3 aromatic rings. The van der Waals surface area contributed by atoms with Crippen molar-refractivity contribution in [3.8, 4) is 0 Å². The van der Waals surface area contributed by atoms with Crippen LogP contribution in [0.25, 0.3) is 0 Å². The number of hydrogen-bond acceptors (Lipinski definition) is 5. The van der Waals surface area contributed by atoms with Gasteiger partial charge in [0.15, 0.2) is 0 Å². The molecule has 0 saturated carbocycles. The van der Waals surface area contributed by atoms with Crippen molar-refractivity contribution in [1.82, 2.24) is 9.97 Å². The molecule has 144 valence electrons. The van der Waals surface area contributed by atoms with Crippen molar-refractivity contribution in [3.05, 3.63) is 78.2 Å². The molecule has 0 amide bonds. The number of piperazine rings is 1. The molecule has 0 aliphatic carbocycles. The maximum absolute atomic E-state index is 13.1. The Kier molecular flexibility index (Phi) is 5.66. The fraction of sp³-hybridized carbons (Fsp3) is 0.273. The standard InChI is InChI=1S/C22H24FN5/c23-19-6-8-20(9-7-19)27-14-16-28(17-15-27)21-11-13-25-22(26-21)24-12-10-18-4-2-1-3-5-18/h1-9,11,13H,10,12,14-17H2,(H,24,25,26). The van der Waals surface area contributed by atoms with Crippen LogP contribution >= 0.6 is 0 Å². The van der Waals surface area contributed by atoms with Crippen molar-refractivity contribution in [1.29, 1.82) is 0 Å². The molecule has 1 fully saturated rings. The minimum atomic E-state index is -0.198. The zero-order valence-corrected chi connectivity index (χ0v) is 15.8. The van der Waals surface area contributed by atoms with Gasteiger partial charge in [-0.15, -0.1) is 0 Å². The van der Waals surface area contributed by atoms with E-state index in [4.69, 9.17) is 0 Å². The molecule has 2 heterocycles. The first-order valence-corrected chi connectivity index (χ1v) is 9.64. The molecule has 1 N–H and O–H groups in total. The topological polar surface area (TPSA) is 44.3 Å². The van der Waals surface area contributed by atoms with Crippen LogP contribution in [0.5, 0.6) is 0 Å². The SMILES string of the molecule is Fc1ccc(N2CCN(c3ccnc(NCCc4ccccc4)n3)CC2)cc1. The summed E-state index contributed by atoms with van der Waals surface area (Å²) in [6.07, 6.45) is 2.74. The van der Waals surface area contributed by atoms with Crippen molar-refractivity contribution in [3.63, 3.8) is 0 Å². The van der Waals surface area contributed by atoms with Crippen LogP contribution in [0.1, 0.15) is 5.56 Å². The highest BCUT2D eigenvalue weighted by atomic mass is 19.1. The number of aromatic nitrogens is 2. The summed E-state index contributed by atoms with van der Waals surface area (Å²) < 4.78 is 13.1. The van der Waals surface area contributed by atoms with E-state index < -0.39 is 0 Å². The molecular formula is C22H24FN5. The van der Waals surface area contributed by atoms with E-state index in [1.54, 1.807) is 6.20 Å². The van der Waals surface area contributed by atoms with Gasteiger partial charge in [-0.2, -0.15) is 4.98 Å². The van der Waals surface area contributed by atoms with Gasteiger partial charge in [0.25, 0.3) is 0 Å². The lowest BCUT2D eigenvalue weighted by molar-refractivity contribution is 0.624. The Bertz CT molecular complexity index is 877. The first kappa shape index (κ1) is 18.2. The molecule has 6 heteroatoms. The van der Waals surface area contributed by atoms with Crippen LogP contribution in [0.4, 0.5) is 21.8 Å². The molecule has 0 unspecified atom stereocenters. The van der Waals surface area contributed by atoms with E-state index in [0.717, 1.165) is 50.6 Å². The number of nitrogens with zero attached hydrogens (tertiary/aromatic N) is 4. The Labute approximate surface area is 164 Å². The summed E-state index contributed by atoms with van der Waals surface area (Å²) in [5.41, 5.74) is 2.36. The second-order valence-electron chi connectivity index (χ2n) is 6.85. The molecule has 1 saturated heterocycles. The van der Waals surface area contributed by atoms with Crippen LogP contribution in [-0.2, 0) is 6.42 Å². The fourth-order valence-electron chi connectivity index (χ4n) is 3.42. The van der Waals surface area contributed by atoms with Gasteiger partial charge >= 0.3 is 0 Å². The average Bonchev–Trinajstić information content (AvgIpc) is 2.75. The summed E-state index contributed by atoms with van der Waals surface area (Å²) >= 11 is 0. The first-order valence-electron chi connectivity index (χ1n) is 9.64. The van der Waals surface area contributed by atoms with Crippen LogP contribution in [0, 0.1) is 5.82 Å². The van der Waals surface area contributed by atoms with Gasteiger partial charge in [0, 0.05) is 44.6 Å². The second-order valence-corrected chi connectivity index (χ2v) is 6.85. The van der Waals surface area contributed by atoms with Gasteiger partial charge in [0.05, 0.1) is 0 Å². The maximum Gasteiger partial charge on any atom is 0.224 e. The van der Waals surface area contributed by atoms with Gasteiger partial charge in [-0.3, -0.25) is 0 Å². The predicted molar refractivity (Wildman–Crippen MR) is 111 cm³/mol. The first-order chi connectivity index (χ1) is 13.8. The van der Waals surface area contributed by atoms with Crippen molar-refractivity contribution in [2.75, 3.05) is 47.8 Å². The second kappa shape index (κ2) is 8.69. The molecule has 0 atom stereocenters. The van der Waals surface area contributed by atoms with Crippen LogP contribution in [0.15, 0.2) is 66.9 Å². The normalized spacial score (nSPS) is 14.2. The lowest BCUT2D eigenvalue weighted by Crippen LogP contribution is -2.46. The summed E-state index contributed by atoms with van der Waals surface area (Å²) in [5, 5.41) is 3.32. The summed E-state index contributed by atoms with van der Waals surface area (Å²) in [6, 6.07) is 19.0. The van der Waals surface area contributed by atoms with E-state index in [2.05, 4.69) is 49.4 Å². The smallest absolute Gasteiger partial charge is 0.224 e. The Balaban J connectivity index is 1.31. The Morgan fingerprint density at radius 1 is 0.857 bits per heavy atom. The van der Waals surface area contributed by atoms with E-state index in [1.807, 2.05) is 24.3 Å². The Hall–Kier alpha value is -3.15. The third-order valence-electron chi connectivity index (χ3n) is 4.98. The van der Waals surface area contributed by atoms with Gasteiger partial charge in [-0.25, -0.2) is 9.37 Å². The van der Waals surface area contributed by atoms with Gasteiger partial charge < -0.3 is 15.1 Å². The van der Waals surface area contributed by atoms with Crippen molar-refractivity contribution in [2.24, 2.45) is 0 Å². The molecule has 0 bridgehead atoms. The highest BCUT2D eigenvalue weighted by Crippen LogP contribution is 2.20. The minimum absolute atomic E-state index is 0.198. The predicted octanol–water partition coefficient (Wildman–Crippen LogP) is 3.60. The number of benzene rings is 2. The average molecular weight is 377 g/mol. The van der Waals surface area contributed by atoms with Gasteiger partial charge in [0.2, 0.25) is 5.95 Å². The molecule has 1 aromatic heterocycles. The minimum Gasteiger partial charge on any atom is -0.368 e. The lowest BCUT2D eigenvalue weighted by atomic mass is 10.1. The molecule has 5 nitrogen and oxygen atoms in total. The van der Waals surface area contributed by atoms with Crippen molar-refractivity contribution in [2.45, 2.75) is 6.42 Å². The van der Waals surface area contributed by atoms with Crippen molar-refractivity contribution < 1.29 is 4.39 Å². The molecule has 1 aliphatic heterocycles. The molecule has 4 rings (SSSR count). The van der Waals surface area contributed by atoms with Crippen LogP contribution in [0.2, 0.25) is 0 Å². The van der Waals surface area contributed by atoms with E-state index >= 15 is 0 Å². The molecule has 28 heavy (non-hydrogen) atoms. The largest absolute Gasteiger partial charge is 0.368 e. The Morgan fingerprint density at radius 2 is 1.57 bits per heavy atom. The van der Waals surface area contributed by atoms with E-state index in [0.29, 0.717) is 5.95 Å². The zero-order chi connectivity index (χ0) is 19.2. The Morgan fingerprint density at radius 3 is 2.32 bits per heavy atom. The summed E-state index contributed by atoms with van der Waals surface area (Å²) in [4.78, 5) is 13.6. The van der Waals surface area contributed by atoms with Crippen LogP contribution in [-0.4, -0.2) is 42.7 Å². The van der Waals surface area contributed by atoms with E-state index in [1.165, 1.54) is 17.7 Å². The van der Waals surface area contributed by atoms with Gasteiger partial charge in [0.1, 0.15) is 11.6 Å². The van der Waals surface area contributed by atoms with Gasteiger partial charge in [-0.05, 0) is 42.3 Å². The summed E-state index contributed by atoms with van der Waals surface area (Å²) in [7, 11) is 0. The number of nitrogens with one attached hydrogen (secondary N) is 1. The summed E-state index contributed by atoms with van der Waals surface area (Å²) in [6.45, 7) is 4.31. The van der Waals surface area contributed by atoms with E-state index in [9.17, 15) is 4.39 Å². The van der Waals surface area contributed by atoms with Gasteiger partial charge in [-0.1, -0.05) is 30.3 Å². The third kappa shape index (κ3) is 4.57. The highest BCUT2D eigenvalue weighted by molar-refractivity contribution is 5.50. The molecule has 1 aliphatic rings. The number of rotatable bonds is 6. The summed E-state index contributed by atoms with van der Waals surface area (Å²) in [5.74, 6) is 1.40. The lowest BCUT2D eigenvalue weighted by Gasteiger charge is -2.36. The molecule has 2 aromatic carbocycles. The molecular weight excluding hydrogens is 353 g/mol. The fourth-order valence-corrected chi connectivity index (χ4v) is 3.42. The zero-order valence-electron chi connectivity index (χ0n) is 15.8. The maximum atomic E-state index is 13.1. The van der Waals surface area contributed by atoms with E-state index in [-0.39, 0.29) is 5.82 Å². The monoisotopic (exact) mass is 377 g/mol. The van der Waals surface area contributed by atoms with Crippen molar-refractivity contribution >= 4 is 17.5 Å². The third-order valence-corrected chi connectivity index (χ3v) is 4.98. The number of hydrogen-bond donors (Lipinski definition) is 1. The molecule has 0 radical (unpaired) electrons. The number of halogens is 1. The quantitative estimate of drug-likeness (QED) is 0.711. The highest BCUT2D eigenvalue weighted by Gasteiger charge is 2.18. The molecule has 0 spiro atoms. The van der Waals surface area contributed by atoms with Crippen LogP contribution in [0.3, 0.4) is 0 Å². The van der Waals surface area contributed by atoms with Crippen LogP contribution < -0.4 is 15.1 Å².